The lowest BCUT2D eigenvalue weighted by Crippen LogP contribution is -2.15. The van der Waals surface area contributed by atoms with Gasteiger partial charge in [-0.2, -0.15) is 0 Å². The van der Waals surface area contributed by atoms with Gasteiger partial charge in [0.1, 0.15) is 16.9 Å². The molecule has 140 valence electrons. The van der Waals surface area contributed by atoms with Crippen molar-refractivity contribution < 1.29 is 18.7 Å². The summed E-state index contributed by atoms with van der Waals surface area (Å²) >= 11 is 0. The van der Waals surface area contributed by atoms with E-state index in [2.05, 4.69) is 0 Å². The van der Waals surface area contributed by atoms with E-state index in [0.717, 1.165) is 45.2 Å². The van der Waals surface area contributed by atoms with Crippen LogP contribution in [0.25, 0.3) is 21.9 Å². The van der Waals surface area contributed by atoms with Gasteiger partial charge in [-0.3, -0.25) is 0 Å². The zero-order valence-corrected chi connectivity index (χ0v) is 15.8. The van der Waals surface area contributed by atoms with Gasteiger partial charge in [0.25, 0.3) is 0 Å². The summed E-state index contributed by atoms with van der Waals surface area (Å²) in [5.74, 6) is 0.837. The van der Waals surface area contributed by atoms with Crippen LogP contribution in [-0.4, -0.2) is 18.0 Å². The molecule has 0 radical (unpaired) electrons. The van der Waals surface area contributed by atoms with Crippen LogP contribution >= 0.6 is 0 Å². The molecule has 1 atom stereocenters. The largest absolute Gasteiger partial charge is 0.460 e. The second kappa shape index (κ2) is 7.64. The molecule has 0 amide bonds. The Bertz CT molecular complexity index is 980. The SMILES string of the molecule is CCOC(O)Cc1c(CC)oc2c(CC)c3oc(=O)cc(CC)c3cc12. The number of aliphatic hydroxyl groups is 1. The molecule has 0 aliphatic heterocycles. The van der Waals surface area contributed by atoms with E-state index in [-0.39, 0.29) is 5.63 Å². The number of benzene rings is 1. The molecule has 0 aliphatic rings. The van der Waals surface area contributed by atoms with E-state index in [1.165, 1.54) is 0 Å². The minimum absolute atomic E-state index is 0.335. The zero-order valence-electron chi connectivity index (χ0n) is 15.8. The third kappa shape index (κ3) is 3.17. The second-order valence-electron chi connectivity index (χ2n) is 6.38. The first-order valence-corrected chi connectivity index (χ1v) is 9.36. The van der Waals surface area contributed by atoms with Crippen LogP contribution in [0, 0.1) is 0 Å². The average Bonchev–Trinajstić information content (AvgIpc) is 2.96. The average molecular weight is 358 g/mol. The predicted octanol–water partition coefficient (Wildman–Crippen LogP) is 4.12. The predicted molar refractivity (Wildman–Crippen MR) is 102 cm³/mol. The molecule has 0 aliphatic carbocycles. The van der Waals surface area contributed by atoms with Crippen molar-refractivity contribution in [1.29, 1.82) is 0 Å². The van der Waals surface area contributed by atoms with Crippen molar-refractivity contribution in [3.63, 3.8) is 0 Å². The smallest absolute Gasteiger partial charge is 0.336 e. The van der Waals surface area contributed by atoms with Crippen molar-refractivity contribution in [1.82, 2.24) is 0 Å². The highest BCUT2D eigenvalue weighted by molar-refractivity contribution is 6.00. The van der Waals surface area contributed by atoms with E-state index in [4.69, 9.17) is 13.6 Å². The van der Waals surface area contributed by atoms with Crippen LogP contribution in [0.15, 0.2) is 25.8 Å². The normalized spacial score (nSPS) is 13.0. The first-order valence-electron chi connectivity index (χ1n) is 9.36. The number of aryl methyl sites for hydroxylation is 3. The van der Waals surface area contributed by atoms with Crippen molar-refractivity contribution in [2.45, 2.75) is 59.7 Å². The third-order valence-corrected chi connectivity index (χ3v) is 4.85. The fraction of sp³-hybridized carbons (Fsp3) is 0.476. The monoisotopic (exact) mass is 358 g/mol. The minimum atomic E-state index is -0.869. The lowest BCUT2D eigenvalue weighted by atomic mass is 9.97. The summed E-state index contributed by atoms with van der Waals surface area (Å²) in [7, 11) is 0. The van der Waals surface area contributed by atoms with Gasteiger partial charge in [-0.1, -0.05) is 20.8 Å². The first-order chi connectivity index (χ1) is 12.5. The highest BCUT2D eigenvalue weighted by Gasteiger charge is 2.22. The Morgan fingerprint density at radius 2 is 1.69 bits per heavy atom. The maximum absolute atomic E-state index is 12.0. The van der Waals surface area contributed by atoms with Crippen LogP contribution in [-0.2, 0) is 30.4 Å². The number of hydrogen-bond acceptors (Lipinski definition) is 5. The summed E-state index contributed by atoms with van der Waals surface area (Å²) in [5.41, 5.74) is 3.84. The summed E-state index contributed by atoms with van der Waals surface area (Å²) < 4.78 is 17.0. The molecule has 0 spiro atoms. The number of ether oxygens (including phenoxy) is 1. The highest BCUT2D eigenvalue weighted by atomic mass is 16.6. The van der Waals surface area contributed by atoms with Gasteiger partial charge >= 0.3 is 5.63 Å². The van der Waals surface area contributed by atoms with E-state index in [9.17, 15) is 9.90 Å². The Kier molecular flexibility index (Phi) is 5.49. The van der Waals surface area contributed by atoms with E-state index < -0.39 is 6.29 Å². The van der Waals surface area contributed by atoms with E-state index >= 15 is 0 Å². The number of aliphatic hydroxyl groups excluding tert-OH is 1. The van der Waals surface area contributed by atoms with Gasteiger partial charge in [0.05, 0.1) is 0 Å². The molecule has 1 aromatic carbocycles. The van der Waals surface area contributed by atoms with Crippen LogP contribution in [0.3, 0.4) is 0 Å². The second-order valence-corrected chi connectivity index (χ2v) is 6.38. The fourth-order valence-corrected chi connectivity index (χ4v) is 3.63. The molecule has 2 aromatic heterocycles. The van der Waals surface area contributed by atoms with Crippen LogP contribution in [0.5, 0.6) is 0 Å². The standard InChI is InChI=1S/C21H26O5/c1-5-12-9-19(23)26-20-13(6-2)21-16(10-14(12)20)15(17(7-3)25-21)11-18(22)24-8-4/h9-10,18,22H,5-8,11H2,1-4H3. The van der Waals surface area contributed by atoms with Gasteiger partial charge in [-0.15, -0.1) is 0 Å². The van der Waals surface area contributed by atoms with Crippen molar-refractivity contribution >= 4 is 21.9 Å². The third-order valence-electron chi connectivity index (χ3n) is 4.85. The van der Waals surface area contributed by atoms with Gasteiger partial charge in [0.2, 0.25) is 0 Å². The Morgan fingerprint density at radius 3 is 2.31 bits per heavy atom. The minimum Gasteiger partial charge on any atom is -0.460 e. The van der Waals surface area contributed by atoms with Crippen LogP contribution in [0.1, 0.15) is 50.1 Å². The molecule has 1 N–H and O–H groups in total. The van der Waals surface area contributed by atoms with Gasteiger partial charge in [-0.25, -0.2) is 4.79 Å². The summed E-state index contributed by atoms with van der Waals surface area (Å²) in [6.45, 7) is 8.38. The molecular weight excluding hydrogens is 332 g/mol. The number of furan rings is 1. The lowest BCUT2D eigenvalue weighted by Gasteiger charge is -2.11. The van der Waals surface area contributed by atoms with Crippen molar-refractivity contribution in [2.75, 3.05) is 6.61 Å². The Balaban J connectivity index is 2.35. The molecular formula is C21H26O5. The maximum Gasteiger partial charge on any atom is 0.336 e. The lowest BCUT2D eigenvalue weighted by molar-refractivity contribution is -0.0928. The summed E-state index contributed by atoms with van der Waals surface area (Å²) in [6.07, 6.45) is 1.65. The quantitative estimate of drug-likeness (QED) is 0.508. The van der Waals surface area contributed by atoms with Gasteiger partial charge in [-0.05, 0) is 31.4 Å². The van der Waals surface area contributed by atoms with Crippen LogP contribution < -0.4 is 5.63 Å². The summed E-state index contributed by atoms with van der Waals surface area (Å²) in [6, 6.07) is 3.59. The molecule has 5 nitrogen and oxygen atoms in total. The Morgan fingerprint density at radius 1 is 0.962 bits per heavy atom. The molecule has 0 saturated heterocycles. The molecule has 0 fully saturated rings. The molecule has 0 saturated carbocycles. The van der Waals surface area contributed by atoms with E-state index in [1.807, 2.05) is 33.8 Å². The van der Waals surface area contributed by atoms with Crippen molar-refractivity contribution in [3.05, 3.63) is 45.0 Å². The van der Waals surface area contributed by atoms with Gasteiger partial charge in [0, 0.05) is 47.4 Å². The van der Waals surface area contributed by atoms with Crippen molar-refractivity contribution in [3.8, 4) is 0 Å². The molecule has 5 heteroatoms. The zero-order chi connectivity index (χ0) is 18.8. The fourth-order valence-electron chi connectivity index (χ4n) is 3.63. The van der Waals surface area contributed by atoms with Gasteiger partial charge in [0.15, 0.2) is 6.29 Å². The first kappa shape index (κ1) is 18.7. The molecule has 3 aromatic rings. The number of hydrogen-bond donors (Lipinski definition) is 1. The highest BCUT2D eigenvalue weighted by Crippen LogP contribution is 2.36. The van der Waals surface area contributed by atoms with Crippen LogP contribution in [0.4, 0.5) is 0 Å². The molecule has 2 heterocycles. The molecule has 1 unspecified atom stereocenters. The van der Waals surface area contributed by atoms with Gasteiger partial charge < -0.3 is 18.7 Å². The summed E-state index contributed by atoms with van der Waals surface area (Å²) in [4.78, 5) is 12.0. The molecule has 3 rings (SSSR count). The van der Waals surface area contributed by atoms with E-state index in [0.29, 0.717) is 31.5 Å². The van der Waals surface area contributed by atoms with Crippen molar-refractivity contribution in [2.24, 2.45) is 0 Å². The van der Waals surface area contributed by atoms with E-state index in [1.54, 1.807) is 6.07 Å². The summed E-state index contributed by atoms with van der Waals surface area (Å²) in [5, 5.41) is 12.1. The number of fused-ring (bicyclic) bond motifs is 2. The van der Waals surface area contributed by atoms with Crippen LogP contribution in [0.2, 0.25) is 0 Å². The molecule has 26 heavy (non-hydrogen) atoms. The maximum atomic E-state index is 12.0. The molecule has 0 bridgehead atoms. The number of rotatable bonds is 7. The Labute approximate surface area is 152 Å². The topological polar surface area (TPSA) is 72.8 Å². The Hall–Kier alpha value is -2.11.